The summed E-state index contributed by atoms with van der Waals surface area (Å²) in [5.41, 5.74) is 17.4. The highest BCUT2D eigenvalue weighted by Gasteiger charge is 2.34. The summed E-state index contributed by atoms with van der Waals surface area (Å²) in [4.78, 5) is 18.2. The zero-order valence-corrected chi connectivity index (χ0v) is 17.8. The summed E-state index contributed by atoms with van der Waals surface area (Å²) in [7, 11) is 0. The molecular weight excluding hydrogens is 402 g/mol. The van der Waals surface area contributed by atoms with E-state index in [0.717, 1.165) is 53.3 Å². The number of hydrogen-bond acceptors (Lipinski definition) is 6. The smallest absolute Gasteiger partial charge is 0.281 e. The number of hydrogen-bond donors (Lipinski definition) is 2. The van der Waals surface area contributed by atoms with Crippen molar-refractivity contribution in [2.45, 2.75) is 50.6 Å². The van der Waals surface area contributed by atoms with Crippen molar-refractivity contribution in [3.05, 3.63) is 57.7 Å². The van der Waals surface area contributed by atoms with E-state index in [2.05, 4.69) is 11.1 Å². The van der Waals surface area contributed by atoms with Gasteiger partial charge < -0.3 is 20.5 Å². The number of aryl methyl sites for hydroxylation is 1. The van der Waals surface area contributed by atoms with Gasteiger partial charge in [0.1, 0.15) is 6.07 Å². The number of pyridine rings is 1. The van der Waals surface area contributed by atoms with Crippen LogP contribution in [-0.2, 0) is 0 Å². The Morgan fingerprint density at radius 3 is 2.69 bits per heavy atom. The number of anilines is 1. The minimum Gasteiger partial charge on any atom is -0.439 e. The summed E-state index contributed by atoms with van der Waals surface area (Å²) in [5, 5.41) is 10.3. The van der Waals surface area contributed by atoms with E-state index in [-0.39, 0.29) is 23.6 Å². The molecule has 2 aliphatic carbocycles. The number of benzene rings is 2. The van der Waals surface area contributed by atoms with E-state index in [1.807, 2.05) is 29.7 Å². The van der Waals surface area contributed by atoms with E-state index in [1.165, 1.54) is 0 Å². The van der Waals surface area contributed by atoms with Crippen LogP contribution in [0.4, 0.5) is 5.69 Å². The quantitative estimate of drug-likeness (QED) is 0.476. The van der Waals surface area contributed by atoms with Gasteiger partial charge in [-0.05, 0) is 67.5 Å². The summed E-state index contributed by atoms with van der Waals surface area (Å²) in [6, 6.07) is 12.0. The first-order valence-electron chi connectivity index (χ1n) is 11.0. The number of oxazole rings is 1. The van der Waals surface area contributed by atoms with Crippen molar-refractivity contribution in [2.75, 3.05) is 5.73 Å². The zero-order valence-electron chi connectivity index (χ0n) is 17.8. The molecule has 0 aliphatic heterocycles. The molecule has 0 spiro atoms. The average molecular weight is 425 g/mol. The predicted octanol–water partition coefficient (Wildman–Crippen LogP) is 4.11. The van der Waals surface area contributed by atoms with Gasteiger partial charge >= 0.3 is 0 Å². The molecule has 32 heavy (non-hydrogen) atoms. The highest BCUT2D eigenvalue weighted by molar-refractivity contribution is 6.04. The number of fused-ring (bicyclic) bond motifs is 3. The Hall–Kier alpha value is -3.63. The second kappa shape index (κ2) is 6.68. The number of nitrogens with two attached hydrogens (primary N) is 2. The summed E-state index contributed by atoms with van der Waals surface area (Å²) >= 11 is 0. The predicted molar refractivity (Wildman–Crippen MR) is 123 cm³/mol. The molecule has 2 heterocycles. The molecule has 0 atom stereocenters. The first-order valence-corrected chi connectivity index (χ1v) is 11.0. The van der Waals surface area contributed by atoms with Gasteiger partial charge in [0.15, 0.2) is 17.0 Å². The Bertz CT molecular complexity index is 1510. The number of aromatic nitrogens is 2. The number of nitrogen functional groups attached to an aromatic ring is 1. The van der Waals surface area contributed by atoms with Gasteiger partial charge in [-0.2, -0.15) is 5.26 Å². The summed E-state index contributed by atoms with van der Waals surface area (Å²) in [6.45, 7) is 2.02. The molecule has 160 valence electrons. The summed E-state index contributed by atoms with van der Waals surface area (Å²) in [6.07, 6.45) is 3.63. The standard InChI is InChI=1S/C25H23N5O2/c1-12-18(13-2-7-20(28)15(8-13)11-26)5-6-19-22(12)30(17-3-4-17)25(31)21-23(19)32-24(29-21)14-9-16(27)10-14/h2,5-8,14,16-17H,3-4,9-10,27-28H2,1H3/t14-,16+. The highest BCUT2D eigenvalue weighted by Crippen LogP contribution is 2.42. The maximum absolute atomic E-state index is 13.5. The molecule has 0 saturated heterocycles. The Balaban J connectivity index is 1.63. The topological polar surface area (TPSA) is 124 Å². The third-order valence-electron chi connectivity index (χ3n) is 6.90. The first kappa shape index (κ1) is 19.1. The maximum Gasteiger partial charge on any atom is 0.281 e. The molecule has 2 fully saturated rings. The molecule has 7 heteroatoms. The molecule has 2 saturated carbocycles. The van der Waals surface area contributed by atoms with Gasteiger partial charge in [0.05, 0.1) is 11.1 Å². The van der Waals surface area contributed by atoms with Crippen LogP contribution in [0.25, 0.3) is 33.1 Å². The Kier molecular flexibility index (Phi) is 3.99. The molecule has 2 aliphatic rings. The van der Waals surface area contributed by atoms with Gasteiger partial charge in [-0.25, -0.2) is 4.98 Å². The van der Waals surface area contributed by atoms with Crippen molar-refractivity contribution >= 4 is 27.7 Å². The fraction of sp³-hybridized carbons (Fsp3) is 0.320. The van der Waals surface area contributed by atoms with Crippen LogP contribution in [0.2, 0.25) is 0 Å². The van der Waals surface area contributed by atoms with Gasteiger partial charge in [0, 0.05) is 29.1 Å². The van der Waals surface area contributed by atoms with Crippen LogP contribution in [0.3, 0.4) is 0 Å². The molecule has 0 unspecified atom stereocenters. The molecule has 7 nitrogen and oxygen atoms in total. The fourth-order valence-corrected chi connectivity index (χ4v) is 4.93. The van der Waals surface area contributed by atoms with Crippen LogP contribution < -0.4 is 17.0 Å². The van der Waals surface area contributed by atoms with Gasteiger partial charge in [-0.15, -0.1) is 0 Å². The second-order valence-electron chi connectivity index (χ2n) is 9.11. The SMILES string of the molecule is Cc1c(-c2ccc(N)c(C#N)c2)ccc2c3oc([C@H]4C[C@@H](N)C4)nc3c(=O)n(C3CC3)c12. The Labute approximate surface area is 184 Å². The van der Waals surface area contributed by atoms with E-state index < -0.39 is 0 Å². The molecule has 0 bridgehead atoms. The Morgan fingerprint density at radius 2 is 2.00 bits per heavy atom. The normalized spacial score (nSPS) is 20.4. The lowest BCUT2D eigenvalue weighted by Crippen LogP contribution is -2.34. The first-order chi connectivity index (χ1) is 15.5. The van der Waals surface area contributed by atoms with Crippen LogP contribution in [0.5, 0.6) is 0 Å². The van der Waals surface area contributed by atoms with Crippen molar-refractivity contribution in [3.63, 3.8) is 0 Å². The number of rotatable bonds is 3. The summed E-state index contributed by atoms with van der Waals surface area (Å²) in [5.74, 6) is 0.799. The monoisotopic (exact) mass is 425 g/mol. The lowest BCUT2D eigenvalue weighted by molar-refractivity contribution is 0.299. The third-order valence-corrected chi connectivity index (χ3v) is 6.90. The van der Waals surface area contributed by atoms with Crippen LogP contribution >= 0.6 is 0 Å². The minimum absolute atomic E-state index is 0.0936. The molecule has 2 aromatic heterocycles. The summed E-state index contributed by atoms with van der Waals surface area (Å²) < 4.78 is 8.08. The molecule has 0 radical (unpaired) electrons. The second-order valence-corrected chi connectivity index (χ2v) is 9.11. The molecule has 4 N–H and O–H groups in total. The van der Waals surface area contributed by atoms with Gasteiger partial charge in [-0.3, -0.25) is 4.79 Å². The van der Waals surface area contributed by atoms with Crippen LogP contribution in [0.15, 0.2) is 39.5 Å². The van der Waals surface area contributed by atoms with Crippen LogP contribution in [0.1, 0.15) is 54.7 Å². The van der Waals surface area contributed by atoms with Crippen molar-refractivity contribution in [3.8, 4) is 17.2 Å². The van der Waals surface area contributed by atoms with Crippen LogP contribution in [-0.4, -0.2) is 15.6 Å². The van der Waals surface area contributed by atoms with E-state index in [9.17, 15) is 10.1 Å². The molecule has 4 aromatic rings. The van der Waals surface area contributed by atoms with Crippen molar-refractivity contribution in [1.82, 2.24) is 9.55 Å². The molecular formula is C25H23N5O2. The van der Waals surface area contributed by atoms with Crippen molar-refractivity contribution < 1.29 is 4.42 Å². The number of nitriles is 1. The van der Waals surface area contributed by atoms with Gasteiger partial charge in [-0.1, -0.05) is 12.1 Å². The third kappa shape index (κ3) is 2.69. The average Bonchev–Trinajstić information content (AvgIpc) is 3.50. The highest BCUT2D eigenvalue weighted by atomic mass is 16.3. The molecule has 2 aromatic carbocycles. The zero-order chi connectivity index (χ0) is 22.1. The van der Waals surface area contributed by atoms with E-state index in [1.54, 1.807) is 12.1 Å². The van der Waals surface area contributed by atoms with Gasteiger partial charge in [0.25, 0.3) is 5.56 Å². The van der Waals surface area contributed by atoms with Crippen molar-refractivity contribution in [1.29, 1.82) is 5.26 Å². The maximum atomic E-state index is 13.5. The fourth-order valence-electron chi connectivity index (χ4n) is 4.93. The lowest BCUT2D eigenvalue weighted by atomic mass is 9.81. The minimum atomic E-state index is -0.0936. The lowest BCUT2D eigenvalue weighted by Gasteiger charge is -2.29. The largest absolute Gasteiger partial charge is 0.439 e. The van der Waals surface area contributed by atoms with Crippen molar-refractivity contribution in [2.24, 2.45) is 5.73 Å². The van der Waals surface area contributed by atoms with Crippen LogP contribution in [0, 0.1) is 18.3 Å². The van der Waals surface area contributed by atoms with Gasteiger partial charge in [0.2, 0.25) is 0 Å². The molecule has 6 rings (SSSR count). The van der Waals surface area contributed by atoms with E-state index in [4.69, 9.17) is 15.9 Å². The Morgan fingerprint density at radius 1 is 1.22 bits per heavy atom. The van der Waals surface area contributed by atoms with E-state index >= 15 is 0 Å². The number of nitrogens with zero attached hydrogens (tertiary/aromatic N) is 3. The van der Waals surface area contributed by atoms with E-state index in [0.29, 0.717) is 28.2 Å². The molecule has 0 amide bonds.